The number of fused-ring (bicyclic) bond motifs is 2. The van der Waals surface area contributed by atoms with Gasteiger partial charge in [0.25, 0.3) is 0 Å². The maximum atomic E-state index is 2.58. The third-order valence-corrected chi connectivity index (χ3v) is 5.55. The molecule has 0 spiro atoms. The molecule has 2 saturated carbocycles. The summed E-state index contributed by atoms with van der Waals surface area (Å²) in [6.45, 7) is 9.84. The van der Waals surface area contributed by atoms with Crippen LogP contribution in [0.5, 0.6) is 0 Å². The summed E-state index contributed by atoms with van der Waals surface area (Å²) in [7, 11) is 0. The van der Waals surface area contributed by atoms with Gasteiger partial charge in [-0.25, -0.2) is 0 Å². The Balaban J connectivity index is 1.90. The van der Waals surface area contributed by atoms with Crippen molar-refractivity contribution in [1.29, 1.82) is 0 Å². The molecule has 2 aliphatic rings. The highest BCUT2D eigenvalue weighted by Crippen LogP contribution is 2.65. The second-order valence-corrected chi connectivity index (χ2v) is 7.22. The monoisotopic (exact) mass is 208 g/mol. The lowest BCUT2D eigenvalue weighted by molar-refractivity contribution is 0.0756. The van der Waals surface area contributed by atoms with Crippen molar-refractivity contribution in [2.75, 3.05) is 0 Å². The third-order valence-electron chi connectivity index (χ3n) is 5.55. The van der Waals surface area contributed by atoms with Gasteiger partial charge >= 0.3 is 0 Å². The van der Waals surface area contributed by atoms with E-state index < -0.39 is 0 Å². The zero-order valence-electron chi connectivity index (χ0n) is 11.1. The van der Waals surface area contributed by atoms with Crippen molar-refractivity contribution in [2.24, 2.45) is 22.7 Å². The van der Waals surface area contributed by atoms with Crippen LogP contribution in [0, 0.1) is 22.7 Å². The van der Waals surface area contributed by atoms with Gasteiger partial charge in [-0.15, -0.1) is 0 Å². The molecule has 0 aromatic carbocycles. The molecule has 0 heteroatoms. The molecule has 3 unspecified atom stereocenters. The predicted octanol–water partition coefficient (Wildman–Crippen LogP) is 5.03. The molecule has 0 radical (unpaired) electrons. The van der Waals surface area contributed by atoms with E-state index in [2.05, 4.69) is 27.7 Å². The molecule has 15 heavy (non-hydrogen) atoms. The summed E-state index contributed by atoms with van der Waals surface area (Å²) in [5.41, 5.74) is 1.39. The summed E-state index contributed by atoms with van der Waals surface area (Å²) in [6, 6.07) is 0. The van der Waals surface area contributed by atoms with Crippen molar-refractivity contribution in [2.45, 2.75) is 72.6 Å². The highest BCUT2D eigenvalue weighted by molar-refractivity contribution is 5.05. The van der Waals surface area contributed by atoms with Crippen LogP contribution in [-0.4, -0.2) is 0 Å². The maximum Gasteiger partial charge on any atom is -0.0269 e. The van der Waals surface area contributed by atoms with E-state index >= 15 is 0 Å². The first-order valence-corrected chi connectivity index (χ1v) is 6.95. The van der Waals surface area contributed by atoms with Crippen LogP contribution < -0.4 is 0 Å². The van der Waals surface area contributed by atoms with Crippen LogP contribution in [0.1, 0.15) is 72.6 Å². The topological polar surface area (TPSA) is 0 Å². The first-order chi connectivity index (χ1) is 6.95. The van der Waals surface area contributed by atoms with Gasteiger partial charge in [0.15, 0.2) is 0 Å². The summed E-state index contributed by atoms with van der Waals surface area (Å²) in [6.07, 6.45) is 10.5. The average Bonchev–Trinajstić information content (AvgIpc) is 2.57. The molecule has 88 valence electrons. The first-order valence-electron chi connectivity index (χ1n) is 6.95. The molecule has 0 nitrogen and oxygen atoms in total. The summed E-state index contributed by atoms with van der Waals surface area (Å²) >= 11 is 0. The van der Waals surface area contributed by atoms with Gasteiger partial charge in [0.2, 0.25) is 0 Å². The van der Waals surface area contributed by atoms with E-state index in [1.165, 1.54) is 44.9 Å². The molecule has 0 aromatic rings. The summed E-state index contributed by atoms with van der Waals surface area (Å²) < 4.78 is 0. The highest BCUT2D eigenvalue weighted by atomic mass is 14.6. The van der Waals surface area contributed by atoms with Gasteiger partial charge in [0.1, 0.15) is 0 Å². The highest BCUT2D eigenvalue weighted by Gasteiger charge is 2.55. The largest absolute Gasteiger partial charge is 0.0628 e. The van der Waals surface area contributed by atoms with E-state index in [0.717, 1.165) is 11.8 Å². The van der Waals surface area contributed by atoms with Crippen LogP contribution in [-0.2, 0) is 0 Å². The van der Waals surface area contributed by atoms with Crippen molar-refractivity contribution in [3.63, 3.8) is 0 Å². The Labute approximate surface area is 95.8 Å². The SMILES string of the molecule is CC(C)CCCC1(C)CC2CCC1(C)C2. The second kappa shape index (κ2) is 3.79. The zero-order valence-corrected chi connectivity index (χ0v) is 11.1. The van der Waals surface area contributed by atoms with Gasteiger partial charge in [-0.2, -0.15) is 0 Å². The van der Waals surface area contributed by atoms with E-state index in [9.17, 15) is 0 Å². The van der Waals surface area contributed by atoms with Gasteiger partial charge < -0.3 is 0 Å². The minimum absolute atomic E-state index is 0.685. The Hall–Kier alpha value is 0. The standard InChI is InChI=1S/C15H28/c1-12(2)6-5-8-14(3)10-13-7-9-15(14,4)11-13/h12-13H,5-11H2,1-4H3. The molecule has 2 bridgehead atoms. The van der Waals surface area contributed by atoms with Gasteiger partial charge in [-0.05, 0) is 54.8 Å². The Kier molecular flexibility index (Phi) is 2.90. The number of hydrogen-bond acceptors (Lipinski definition) is 0. The van der Waals surface area contributed by atoms with Gasteiger partial charge in [0, 0.05) is 0 Å². The van der Waals surface area contributed by atoms with Gasteiger partial charge in [0.05, 0.1) is 0 Å². The van der Waals surface area contributed by atoms with Crippen molar-refractivity contribution in [1.82, 2.24) is 0 Å². The molecule has 0 heterocycles. The van der Waals surface area contributed by atoms with Crippen molar-refractivity contribution in [3.8, 4) is 0 Å². The van der Waals surface area contributed by atoms with E-state index in [1.807, 2.05) is 0 Å². The summed E-state index contributed by atoms with van der Waals surface area (Å²) in [5.74, 6) is 1.97. The molecule has 0 N–H and O–H groups in total. The second-order valence-electron chi connectivity index (χ2n) is 7.22. The predicted molar refractivity (Wildman–Crippen MR) is 66.9 cm³/mol. The summed E-state index contributed by atoms with van der Waals surface area (Å²) in [4.78, 5) is 0. The van der Waals surface area contributed by atoms with Crippen LogP contribution >= 0.6 is 0 Å². The molecular formula is C15H28. The van der Waals surface area contributed by atoms with Crippen LogP contribution in [0.3, 0.4) is 0 Å². The fourth-order valence-corrected chi connectivity index (χ4v) is 4.27. The lowest BCUT2D eigenvalue weighted by atomic mass is 9.62. The molecule has 2 aliphatic carbocycles. The Morgan fingerprint density at radius 3 is 2.40 bits per heavy atom. The summed E-state index contributed by atoms with van der Waals surface area (Å²) in [5, 5.41) is 0. The van der Waals surface area contributed by atoms with Crippen molar-refractivity contribution < 1.29 is 0 Å². The molecular weight excluding hydrogens is 180 g/mol. The normalized spacial score (nSPS) is 44.2. The number of rotatable bonds is 4. The molecule has 0 aliphatic heterocycles. The first kappa shape index (κ1) is 11.5. The molecule has 0 saturated heterocycles. The fourth-order valence-electron chi connectivity index (χ4n) is 4.27. The smallest absolute Gasteiger partial charge is 0.0269 e. The average molecular weight is 208 g/mol. The van der Waals surface area contributed by atoms with E-state index in [1.54, 1.807) is 0 Å². The van der Waals surface area contributed by atoms with Crippen molar-refractivity contribution in [3.05, 3.63) is 0 Å². The number of hydrogen-bond donors (Lipinski definition) is 0. The van der Waals surface area contributed by atoms with E-state index in [0.29, 0.717) is 10.8 Å². The molecule has 0 amide bonds. The maximum absolute atomic E-state index is 2.58. The molecule has 0 aromatic heterocycles. The van der Waals surface area contributed by atoms with E-state index in [-0.39, 0.29) is 0 Å². The minimum atomic E-state index is 0.685. The zero-order chi connectivity index (χ0) is 11.1. The lowest BCUT2D eigenvalue weighted by Gasteiger charge is -2.42. The fraction of sp³-hybridized carbons (Fsp3) is 1.00. The van der Waals surface area contributed by atoms with Crippen LogP contribution in [0.15, 0.2) is 0 Å². The quantitative estimate of drug-likeness (QED) is 0.608. The molecule has 2 fully saturated rings. The van der Waals surface area contributed by atoms with Crippen LogP contribution in [0.2, 0.25) is 0 Å². The van der Waals surface area contributed by atoms with E-state index in [4.69, 9.17) is 0 Å². The third kappa shape index (κ3) is 1.97. The van der Waals surface area contributed by atoms with Crippen LogP contribution in [0.25, 0.3) is 0 Å². The van der Waals surface area contributed by atoms with Gasteiger partial charge in [-0.3, -0.25) is 0 Å². The lowest BCUT2D eigenvalue weighted by Crippen LogP contribution is -2.33. The molecule has 3 atom stereocenters. The van der Waals surface area contributed by atoms with Gasteiger partial charge in [-0.1, -0.05) is 40.5 Å². The molecule has 2 rings (SSSR count). The Morgan fingerprint density at radius 1 is 1.20 bits per heavy atom. The van der Waals surface area contributed by atoms with Crippen molar-refractivity contribution >= 4 is 0 Å². The Morgan fingerprint density at radius 2 is 1.93 bits per heavy atom. The Bertz CT molecular complexity index is 230. The van der Waals surface area contributed by atoms with Crippen LogP contribution in [0.4, 0.5) is 0 Å². The minimum Gasteiger partial charge on any atom is -0.0628 e.